The van der Waals surface area contributed by atoms with E-state index in [4.69, 9.17) is 4.43 Å². The van der Waals surface area contributed by atoms with Crippen molar-refractivity contribution in [3.8, 4) is 0 Å². The number of hydrogen-bond acceptors (Lipinski definition) is 2. The summed E-state index contributed by atoms with van der Waals surface area (Å²) in [7, 11) is -2.60. The quantitative estimate of drug-likeness (QED) is 0.553. The highest BCUT2D eigenvalue weighted by molar-refractivity contribution is 6.99. The first-order valence-corrected chi connectivity index (χ1v) is 13.5. The molecule has 0 aliphatic carbocycles. The van der Waals surface area contributed by atoms with Crippen molar-refractivity contribution in [1.29, 1.82) is 0 Å². The van der Waals surface area contributed by atoms with Crippen LogP contribution in [0, 0.1) is 17.8 Å². The zero-order valence-corrected chi connectivity index (χ0v) is 19.8. The first-order valence-electron chi connectivity index (χ1n) is 11.5. The third-order valence-electron chi connectivity index (χ3n) is 7.02. The number of aliphatic hydroxyl groups excluding tert-OH is 1. The second-order valence-electron chi connectivity index (χ2n) is 9.31. The Morgan fingerprint density at radius 3 is 1.74 bits per heavy atom. The summed E-state index contributed by atoms with van der Waals surface area (Å²) in [4.78, 5) is 0. The smallest absolute Gasteiger partial charge is 0.259 e. The Morgan fingerprint density at radius 2 is 1.29 bits per heavy atom. The van der Waals surface area contributed by atoms with Gasteiger partial charge in [-0.1, -0.05) is 112 Å². The van der Waals surface area contributed by atoms with E-state index in [2.05, 4.69) is 112 Å². The van der Waals surface area contributed by atoms with Gasteiger partial charge in [0, 0.05) is 6.61 Å². The minimum atomic E-state index is -2.60. The molecule has 0 saturated carbocycles. The molecular weight excluding hydrogens is 396 g/mol. The van der Waals surface area contributed by atoms with E-state index in [0.29, 0.717) is 11.8 Å². The van der Waals surface area contributed by atoms with Gasteiger partial charge in [-0.15, -0.1) is 0 Å². The van der Waals surface area contributed by atoms with E-state index in [1.165, 1.54) is 15.9 Å². The van der Waals surface area contributed by atoms with Crippen molar-refractivity contribution in [2.24, 2.45) is 17.8 Å². The number of benzene rings is 3. The van der Waals surface area contributed by atoms with E-state index in [9.17, 15) is 5.11 Å². The van der Waals surface area contributed by atoms with Gasteiger partial charge < -0.3 is 9.53 Å². The van der Waals surface area contributed by atoms with Crippen LogP contribution in [0.25, 0.3) is 0 Å². The summed E-state index contributed by atoms with van der Waals surface area (Å²) >= 11 is 0. The van der Waals surface area contributed by atoms with Crippen molar-refractivity contribution in [2.75, 3.05) is 6.61 Å². The van der Waals surface area contributed by atoms with Gasteiger partial charge in [-0.2, -0.15) is 0 Å². The Labute approximate surface area is 188 Å². The molecule has 0 aromatic heterocycles. The highest BCUT2D eigenvalue weighted by Gasteiger charge is 2.60. The molecule has 0 bridgehead atoms. The maximum Gasteiger partial charge on any atom is 0.259 e. The van der Waals surface area contributed by atoms with Crippen LogP contribution >= 0.6 is 0 Å². The summed E-state index contributed by atoms with van der Waals surface area (Å²) in [6.07, 6.45) is 1.05. The molecule has 1 N–H and O–H groups in total. The van der Waals surface area contributed by atoms with Crippen LogP contribution in [-0.2, 0) is 10.8 Å². The summed E-state index contributed by atoms with van der Waals surface area (Å²) in [6.45, 7) is 7.06. The monoisotopic (exact) mass is 430 g/mol. The highest BCUT2D eigenvalue weighted by atomic mass is 28.4. The van der Waals surface area contributed by atoms with Gasteiger partial charge in [0.15, 0.2) is 0 Å². The van der Waals surface area contributed by atoms with E-state index >= 15 is 0 Å². The fraction of sp³-hybridized carbons (Fsp3) is 0.357. The zero-order chi connectivity index (χ0) is 21.8. The summed E-state index contributed by atoms with van der Waals surface area (Å²) in [5.41, 5.74) is 1.57. The van der Waals surface area contributed by atoms with Gasteiger partial charge >= 0.3 is 0 Å². The Balaban J connectivity index is 1.89. The summed E-state index contributed by atoms with van der Waals surface area (Å²) in [5, 5.41) is 13.3. The normalized spacial score (nSPS) is 23.7. The molecule has 0 unspecified atom stereocenters. The van der Waals surface area contributed by atoms with Gasteiger partial charge in [0.1, 0.15) is 0 Å². The average Bonchev–Trinajstić information content (AvgIpc) is 3.13. The van der Waals surface area contributed by atoms with Crippen LogP contribution in [0.2, 0.25) is 5.54 Å². The largest absolute Gasteiger partial charge is 0.404 e. The fourth-order valence-corrected chi connectivity index (χ4v) is 11.4. The molecule has 2 nitrogen and oxygen atoms in total. The topological polar surface area (TPSA) is 29.5 Å². The first kappa shape index (κ1) is 22.0. The minimum absolute atomic E-state index is 0.147. The molecule has 162 valence electrons. The van der Waals surface area contributed by atoms with Crippen LogP contribution in [-0.4, -0.2) is 26.1 Å². The van der Waals surface area contributed by atoms with Gasteiger partial charge in [-0.05, 0) is 45.7 Å². The molecule has 3 aromatic carbocycles. The molecule has 4 rings (SSSR count). The molecule has 1 saturated heterocycles. The van der Waals surface area contributed by atoms with E-state index in [0.717, 1.165) is 6.42 Å². The van der Waals surface area contributed by atoms with Gasteiger partial charge in [0.25, 0.3) is 8.32 Å². The first-order chi connectivity index (χ1) is 15.1. The van der Waals surface area contributed by atoms with Crippen molar-refractivity contribution in [1.82, 2.24) is 0 Å². The zero-order valence-electron chi connectivity index (χ0n) is 18.8. The molecule has 1 heterocycles. The molecule has 3 aromatic rings. The van der Waals surface area contributed by atoms with Crippen LogP contribution in [0.4, 0.5) is 0 Å². The van der Waals surface area contributed by atoms with Gasteiger partial charge in [0.05, 0.1) is 6.10 Å². The number of hydrogen-bond donors (Lipinski definition) is 1. The van der Waals surface area contributed by atoms with Crippen molar-refractivity contribution in [3.63, 3.8) is 0 Å². The lowest BCUT2D eigenvalue weighted by Crippen LogP contribution is -2.63. The van der Waals surface area contributed by atoms with Gasteiger partial charge in [0.2, 0.25) is 0 Å². The lowest BCUT2D eigenvalue weighted by atomic mass is 9.84. The number of rotatable bonds is 7. The fourth-order valence-electron chi connectivity index (χ4n) is 5.76. The van der Waals surface area contributed by atoms with Crippen molar-refractivity contribution in [2.45, 2.75) is 38.8 Å². The van der Waals surface area contributed by atoms with Crippen molar-refractivity contribution >= 4 is 18.7 Å². The maximum atomic E-state index is 10.7. The Kier molecular flexibility index (Phi) is 6.76. The van der Waals surface area contributed by atoms with Crippen LogP contribution in [0.5, 0.6) is 0 Å². The molecule has 3 heteroatoms. The van der Waals surface area contributed by atoms with Crippen LogP contribution in [0.1, 0.15) is 26.3 Å². The molecule has 4 atom stereocenters. The predicted molar refractivity (Wildman–Crippen MR) is 131 cm³/mol. The van der Waals surface area contributed by atoms with Crippen molar-refractivity contribution < 1.29 is 9.53 Å². The SMILES string of the molecule is CC(C)[C@@H]1O[Si](c2ccccc2)(c2ccccc2)[C@H]([C@@H](CO)Cc2ccccc2)[C@H]1C. The molecule has 0 spiro atoms. The molecule has 1 aliphatic rings. The Bertz CT molecular complexity index is 903. The van der Waals surface area contributed by atoms with E-state index in [1.807, 2.05) is 0 Å². The molecule has 0 radical (unpaired) electrons. The lowest BCUT2D eigenvalue weighted by molar-refractivity contribution is 0.123. The summed E-state index contributed by atoms with van der Waals surface area (Å²) < 4.78 is 7.26. The average molecular weight is 431 g/mol. The van der Waals surface area contributed by atoms with Gasteiger partial charge in [-0.3, -0.25) is 0 Å². The molecule has 0 amide bonds. The van der Waals surface area contributed by atoms with E-state index in [-0.39, 0.29) is 24.2 Å². The van der Waals surface area contributed by atoms with Gasteiger partial charge in [-0.25, -0.2) is 0 Å². The van der Waals surface area contributed by atoms with Crippen LogP contribution in [0.3, 0.4) is 0 Å². The van der Waals surface area contributed by atoms with E-state index in [1.54, 1.807) is 0 Å². The Morgan fingerprint density at radius 1 is 0.806 bits per heavy atom. The second kappa shape index (κ2) is 9.52. The summed E-state index contributed by atoms with van der Waals surface area (Å²) in [5.74, 6) is 0.941. The number of aliphatic hydroxyl groups is 1. The maximum absolute atomic E-state index is 10.7. The minimum Gasteiger partial charge on any atom is -0.404 e. The van der Waals surface area contributed by atoms with E-state index < -0.39 is 8.32 Å². The lowest BCUT2D eigenvalue weighted by Gasteiger charge is -2.38. The molecule has 1 fully saturated rings. The molecule has 1 aliphatic heterocycles. The Hall–Kier alpha value is -2.20. The molecular formula is C28H34O2Si. The standard InChI is InChI=1S/C28H34O2Si/c1-21(2)27-22(3)28(24(20-29)19-23-13-7-4-8-14-23)31(30-27,25-15-9-5-10-16-25)26-17-11-6-12-18-26/h4-18,21-22,24,27-29H,19-20H2,1-3H3/t22-,24+,27-,28-/m0/s1. The summed E-state index contributed by atoms with van der Waals surface area (Å²) in [6, 6.07) is 32.3. The van der Waals surface area contributed by atoms with Crippen LogP contribution < -0.4 is 10.4 Å². The van der Waals surface area contributed by atoms with Crippen molar-refractivity contribution in [3.05, 3.63) is 96.6 Å². The highest BCUT2D eigenvalue weighted by Crippen LogP contribution is 2.49. The third-order valence-corrected chi connectivity index (χ3v) is 12.0. The predicted octanol–water partition coefficient (Wildman–Crippen LogP) is 4.66. The molecule has 31 heavy (non-hydrogen) atoms. The van der Waals surface area contributed by atoms with Crippen LogP contribution in [0.15, 0.2) is 91.0 Å². The third kappa shape index (κ3) is 4.15. The second-order valence-corrected chi connectivity index (χ2v) is 12.8.